The van der Waals surface area contributed by atoms with E-state index in [-0.39, 0.29) is 0 Å². The maximum atomic E-state index is 9.27. The van der Waals surface area contributed by atoms with Crippen molar-refractivity contribution in [1.82, 2.24) is 24.9 Å². The number of thiophene rings is 1. The molecule has 63 heavy (non-hydrogen) atoms. The molecule has 8 aromatic carbocycles. The average Bonchev–Trinajstić information content (AvgIpc) is 3.74. The minimum absolute atomic E-state index is 0.597. The van der Waals surface area contributed by atoms with Crippen LogP contribution in [0.1, 0.15) is 5.56 Å². The van der Waals surface area contributed by atoms with Crippen LogP contribution in [0, 0.1) is 11.3 Å². The molecule has 0 bridgehead atoms. The summed E-state index contributed by atoms with van der Waals surface area (Å²) in [5.74, 6) is 1.84. The largest absolute Gasteiger partial charge is 0.256 e. The van der Waals surface area contributed by atoms with Crippen LogP contribution < -0.4 is 0 Å². The number of nitriles is 1. The monoisotopic (exact) mass is 820 g/mol. The molecule has 4 aromatic heterocycles. The van der Waals surface area contributed by atoms with Crippen LogP contribution in [-0.4, -0.2) is 24.9 Å². The molecule has 12 rings (SSSR count). The molecule has 12 aromatic rings. The minimum atomic E-state index is 0.597. The molecule has 0 spiro atoms. The Labute approximate surface area is 366 Å². The number of fused-ring (bicyclic) bond motifs is 8. The van der Waals surface area contributed by atoms with E-state index < -0.39 is 0 Å². The van der Waals surface area contributed by atoms with Gasteiger partial charge in [-0.2, -0.15) is 5.26 Å². The predicted molar refractivity (Wildman–Crippen MR) is 258 cm³/mol. The molecule has 0 aliphatic heterocycles. The second-order valence-corrected chi connectivity index (χ2v) is 16.7. The fourth-order valence-corrected chi connectivity index (χ4v) is 9.91. The summed E-state index contributed by atoms with van der Waals surface area (Å²) in [5.41, 5.74) is 11.5. The van der Waals surface area contributed by atoms with Crippen LogP contribution in [0.5, 0.6) is 0 Å². The predicted octanol–water partition coefficient (Wildman–Crippen LogP) is 14.4. The second-order valence-electron chi connectivity index (χ2n) is 15.6. The molecule has 0 saturated heterocycles. The number of nitrogens with zero attached hydrogens (tertiary/aromatic N) is 6. The fourth-order valence-electron chi connectivity index (χ4n) is 8.76. The summed E-state index contributed by atoms with van der Waals surface area (Å²) < 4.78 is 2.46. The fraction of sp³-hybridized carbons (Fsp3) is 0. The number of hydrogen-bond acceptors (Lipinski definition) is 7. The molecule has 292 valence electrons. The maximum Gasteiger partial charge on any atom is 0.164 e. The van der Waals surface area contributed by atoms with Gasteiger partial charge in [-0.05, 0) is 87.6 Å². The Bertz CT molecular complexity index is 3800. The van der Waals surface area contributed by atoms with Crippen molar-refractivity contribution in [2.45, 2.75) is 0 Å². The number of pyridine rings is 2. The Morgan fingerprint density at radius 3 is 1.54 bits per heavy atom. The molecule has 0 unspecified atom stereocenters. The van der Waals surface area contributed by atoms with Crippen molar-refractivity contribution in [2.75, 3.05) is 0 Å². The highest BCUT2D eigenvalue weighted by atomic mass is 32.1. The molecule has 0 aliphatic carbocycles. The molecule has 0 N–H and O–H groups in total. The van der Waals surface area contributed by atoms with E-state index in [1.807, 2.05) is 79.1 Å². The van der Waals surface area contributed by atoms with Crippen LogP contribution in [-0.2, 0) is 0 Å². The zero-order valence-corrected chi connectivity index (χ0v) is 34.4. The van der Waals surface area contributed by atoms with Gasteiger partial charge in [-0.1, -0.05) is 127 Å². The second kappa shape index (κ2) is 14.9. The maximum absolute atomic E-state index is 9.27. The van der Waals surface area contributed by atoms with Crippen LogP contribution in [0.15, 0.2) is 194 Å². The minimum Gasteiger partial charge on any atom is -0.256 e. The lowest BCUT2D eigenvalue weighted by Crippen LogP contribution is -2.00. The highest BCUT2D eigenvalue weighted by molar-refractivity contribution is 7.25. The lowest BCUT2D eigenvalue weighted by molar-refractivity contribution is 1.07. The molecule has 0 aliphatic rings. The van der Waals surface area contributed by atoms with Gasteiger partial charge in [-0.25, -0.2) is 15.0 Å². The third-order valence-electron chi connectivity index (χ3n) is 11.9. The first-order chi connectivity index (χ1) is 31.1. The normalized spacial score (nSPS) is 11.5. The third-order valence-corrected chi connectivity index (χ3v) is 13.0. The van der Waals surface area contributed by atoms with Crippen molar-refractivity contribution >= 4 is 64.1 Å². The summed E-state index contributed by atoms with van der Waals surface area (Å²) in [6, 6.07) is 64.9. The third kappa shape index (κ3) is 6.37. The zero-order valence-electron chi connectivity index (χ0n) is 33.6. The molecular weight excluding hydrogens is 789 g/mol. The van der Waals surface area contributed by atoms with Crippen molar-refractivity contribution in [3.05, 3.63) is 200 Å². The van der Waals surface area contributed by atoms with E-state index in [4.69, 9.17) is 24.9 Å². The molecule has 0 atom stereocenters. The van der Waals surface area contributed by atoms with E-state index >= 15 is 0 Å². The summed E-state index contributed by atoms with van der Waals surface area (Å²) in [6.45, 7) is 0. The van der Waals surface area contributed by atoms with Gasteiger partial charge in [-0.15, -0.1) is 11.3 Å². The van der Waals surface area contributed by atoms with E-state index in [1.165, 1.54) is 20.2 Å². The zero-order chi connectivity index (χ0) is 41.9. The van der Waals surface area contributed by atoms with Crippen molar-refractivity contribution in [3.63, 3.8) is 0 Å². The molecule has 0 fully saturated rings. The number of hydrogen-bond donors (Lipinski definition) is 0. The Balaban J connectivity index is 0.993. The van der Waals surface area contributed by atoms with E-state index in [1.54, 1.807) is 11.3 Å². The van der Waals surface area contributed by atoms with Gasteiger partial charge in [0.25, 0.3) is 0 Å². The van der Waals surface area contributed by atoms with Gasteiger partial charge >= 0.3 is 0 Å². The quantitative estimate of drug-likeness (QED) is 0.155. The van der Waals surface area contributed by atoms with Gasteiger partial charge in [0.1, 0.15) is 0 Å². The van der Waals surface area contributed by atoms with Gasteiger partial charge in [0, 0.05) is 71.2 Å². The number of benzene rings is 8. The van der Waals surface area contributed by atoms with Crippen molar-refractivity contribution in [2.24, 2.45) is 0 Å². The summed E-state index contributed by atoms with van der Waals surface area (Å²) in [4.78, 5) is 25.3. The first-order valence-electron chi connectivity index (χ1n) is 20.7. The number of aromatic nitrogens is 5. The highest BCUT2D eigenvalue weighted by Gasteiger charge is 2.18. The standard InChI is InChI=1S/C56H32N6S/c57-33-34-17-19-35(20-18-34)36-21-23-37(24-22-36)46-31-48-45-15-8-28-59-53(45)47(32-49(48)44-14-7-27-58-52(44)46)39-11-6-12-40(29-39)55-60-54(38-9-2-1-3-10-38)61-56(62-55)41-25-26-43-42-13-4-5-16-50(42)63-51(43)30-41/h1-32H. The van der Waals surface area contributed by atoms with E-state index in [0.717, 1.165) is 82.6 Å². The first kappa shape index (κ1) is 36.4. The van der Waals surface area contributed by atoms with Crippen molar-refractivity contribution in [3.8, 4) is 73.6 Å². The van der Waals surface area contributed by atoms with Crippen LogP contribution in [0.4, 0.5) is 0 Å². The van der Waals surface area contributed by atoms with Crippen LogP contribution in [0.2, 0.25) is 0 Å². The smallest absolute Gasteiger partial charge is 0.164 e. The van der Waals surface area contributed by atoms with Gasteiger partial charge < -0.3 is 0 Å². The SMILES string of the molecule is N#Cc1ccc(-c2ccc(-c3cc4c5cccnc5c(-c5cccc(-c6nc(-c7ccccc7)nc(-c7ccc8c(c7)sc7ccccc78)n6)c5)cc4c4cccnc34)cc2)cc1. The summed E-state index contributed by atoms with van der Waals surface area (Å²) >= 11 is 1.78. The Kier molecular flexibility index (Phi) is 8.63. The average molecular weight is 821 g/mol. The topological polar surface area (TPSA) is 88.2 Å². The molecule has 0 saturated carbocycles. The summed E-state index contributed by atoms with van der Waals surface area (Å²) in [5, 5.41) is 16.1. The Hall–Kier alpha value is -8.44. The lowest BCUT2D eigenvalue weighted by atomic mass is 9.90. The van der Waals surface area contributed by atoms with Crippen LogP contribution in [0.25, 0.3) is 120 Å². The Morgan fingerprint density at radius 2 is 0.857 bits per heavy atom. The van der Waals surface area contributed by atoms with Crippen LogP contribution in [0.3, 0.4) is 0 Å². The van der Waals surface area contributed by atoms with E-state index in [2.05, 4.69) is 121 Å². The summed E-state index contributed by atoms with van der Waals surface area (Å²) in [6.07, 6.45) is 3.73. The van der Waals surface area contributed by atoms with Gasteiger partial charge in [-0.3, -0.25) is 9.97 Å². The molecule has 4 heterocycles. The first-order valence-corrected chi connectivity index (χ1v) is 21.5. The van der Waals surface area contributed by atoms with E-state index in [0.29, 0.717) is 23.0 Å². The van der Waals surface area contributed by atoms with Gasteiger partial charge in [0.2, 0.25) is 0 Å². The highest BCUT2D eigenvalue weighted by Crippen LogP contribution is 2.42. The van der Waals surface area contributed by atoms with Crippen LogP contribution >= 0.6 is 11.3 Å². The van der Waals surface area contributed by atoms with Crippen molar-refractivity contribution < 1.29 is 0 Å². The van der Waals surface area contributed by atoms with E-state index in [9.17, 15) is 5.26 Å². The van der Waals surface area contributed by atoms with Gasteiger partial charge in [0.05, 0.1) is 22.7 Å². The molecule has 7 heteroatoms. The molecule has 6 nitrogen and oxygen atoms in total. The molecular formula is C56H32N6S. The Morgan fingerprint density at radius 1 is 0.349 bits per heavy atom. The number of rotatable bonds is 6. The van der Waals surface area contributed by atoms with Crippen molar-refractivity contribution in [1.29, 1.82) is 5.26 Å². The van der Waals surface area contributed by atoms with Gasteiger partial charge in [0.15, 0.2) is 17.5 Å². The lowest BCUT2D eigenvalue weighted by Gasteiger charge is -2.15. The summed E-state index contributed by atoms with van der Waals surface area (Å²) in [7, 11) is 0. The molecule has 0 radical (unpaired) electrons. The molecule has 0 amide bonds.